The number of nitrogens with zero attached hydrogens (tertiary/aromatic N) is 5. The van der Waals surface area contributed by atoms with Crippen molar-refractivity contribution in [2.75, 3.05) is 34.3 Å². The lowest BCUT2D eigenvalue weighted by molar-refractivity contribution is 0.0923. The molecule has 3 rings (SSSR count). The van der Waals surface area contributed by atoms with Gasteiger partial charge in [-0.3, -0.25) is 9.58 Å². The van der Waals surface area contributed by atoms with Gasteiger partial charge in [-0.15, -0.1) is 0 Å². The summed E-state index contributed by atoms with van der Waals surface area (Å²) in [7, 11) is 8.01. The fraction of sp³-hybridized carbons (Fsp3) is 0.524. The summed E-state index contributed by atoms with van der Waals surface area (Å²) >= 11 is 0. The van der Waals surface area contributed by atoms with Crippen molar-refractivity contribution in [1.82, 2.24) is 19.6 Å². The Balaban J connectivity index is 1.74. The maximum absolute atomic E-state index is 9.19. The third kappa shape index (κ3) is 4.49. The van der Waals surface area contributed by atoms with Crippen LogP contribution in [0.5, 0.6) is 5.75 Å². The molecule has 1 aromatic heterocycles. The first-order chi connectivity index (χ1) is 13.0. The Labute approximate surface area is 161 Å². The molecule has 0 bridgehead atoms. The summed E-state index contributed by atoms with van der Waals surface area (Å²) in [4.78, 5) is 4.79. The highest BCUT2D eigenvalue weighted by molar-refractivity contribution is 5.42. The molecule has 144 valence electrons. The van der Waals surface area contributed by atoms with Crippen molar-refractivity contribution >= 4 is 0 Å². The molecule has 6 nitrogen and oxygen atoms in total. The molecule has 1 aliphatic heterocycles. The molecule has 0 N–H and O–H groups in total. The first kappa shape index (κ1) is 19.4. The summed E-state index contributed by atoms with van der Waals surface area (Å²) in [6.07, 6.45) is 6.57. The Morgan fingerprint density at radius 1 is 1.37 bits per heavy atom. The highest BCUT2D eigenvalue weighted by Crippen LogP contribution is 2.35. The molecule has 2 atom stereocenters. The first-order valence-electron chi connectivity index (χ1n) is 9.46. The summed E-state index contributed by atoms with van der Waals surface area (Å²) in [6.45, 7) is 2.88. The number of piperidine rings is 1. The van der Waals surface area contributed by atoms with E-state index in [4.69, 9.17) is 4.74 Å². The van der Waals surface area contributed by atoms with Crippen molar-refractivity contribution in [3.63, 3.8) is 0 Å². The Morgan fingerprint density at radius 2 is 2.19 bits per heavy atom. The Bertz CT molecular complexity index is 809. The van der Waals surface area contributed by atoms with Crippen molar-refractivity contribution in [3.8, 4) is 11.8 Å². The monoisotopic (exact) mass is 367 g/mol. The first-order valence-corrected chi connectivity index (χ1v) is 9.46. The van der Waals surface area contributed by atoms with Gasteiger partial charge in [0, 0.05) is 43.5 Å². The van der Waals surface area contributed by atoms with E-state index in [1.807, 2.05) is 30.1 Å². The maximum Gasteiger partial charge on any atom is 0.123 e. The van der Waals surface area contributed by atoms with Crippen LogP contribution in [0, 0.1) is 17.2 Å². The number of likely N-dealkylation sites (tertiary alicyclic amines) is 1. The second-order valence-corrected chi connectivity index (χ2v) is 7.61. The minimum Gasteiger partial charge on any atom is -0.496 e. The molecule has 1 aromatic carbocycles. The van der Waals surface area contributed by atoms with Gasteiger partial charge in [-0.2, -0.15) is 10.4 Å². The molecular formula is C21H29N5O. The molecule has 0 amide bonds. The lowest BCUT2D eigenvalue weighted by atomic mass is 9.85. The number of methoxy groups -OCH3 is 1. The van der Waals surface area contributed by atoms with E-state index in [2.05, 4.69) is 41.3 Å². The van der Waals surface area contributed by atoms with Gasteiger partial charge in [0.25, 0.3) is 0 Å². The van der Waals surface area contributed by atoms with Crippen LogP contribution in [0.3, 0.4) is 0 Å². The molecule has 0 spiro atoms. The van der Waals surface area contributed by atoms with E-state index >= 15 is 0 Å². The summed E-state index contributed by atoms with van der Waals surface area (Å²) in [5, 5.41) is 13.6. The van der Waals surface area contributed by atoms with Gasteiger partial charge in [0.2, 0.25) is 0 Å². The van der Waals surface area contributed by atoms with Crippen molar-refractivity contribution in [2.24, 2.45) is 13.0 Å². The molecule has 0 saturated carbocycles. The van der Waals surface area contributed by atoms with Crippen LogP contribution in [0.15, 0.2) is 30.6 Å². The molecule has 2 heterocycles. The zero-order valence-corrected chi connectivity index (χ0v) is 16.7. The summed E-state index contributed by atoms with van der Waals surface area (Å²) < 4.78 is 7.38. The van der Waals surface area contributed by atoms with E-state index in [-0.39, 0.29) is 0 Å². The Kier molecular flexibility index (Phi) is 6.15. The van der Waals surface area contributed by atoms with Crippen molar-refractivity contribution < 1.29 is 4.74 Å². The zero-order valence-electron chi connectivity index (χ0n) is 16.7. The molecule has 27 heavy (non-hydrogen) atoms. The number of aromatic nitrogens is 2. The van der Waals surface area contributed by atoms with Gasteiger partial charge in [-0.25, -0.2) is 0 Å². The lowest BCUT2D eigenvalue weighted by Crippen LogP contribution is -2.40. The molecule has 0 radical (unpaired) electrons. The molecular weight excluding hydrogens is 338 g/mol. The molecule has 1 saturated heterocycles. The number of hydrogen-bond donors (Lipinski definition) is 0. The summed E-state index contributed by atoms with van der Waals surface area (Å²) in [6, 6.07) is 8.23. The van der Waals surface area contributed by atoms with E-state index in [1.165, 1.54) is 18.4 Å². The Hall–Kier alpha value is -2.36. The van der Waals surface area contributed by atoms with Crippen molar-refractivity contribution in [3.05, 3.63) is 47.3 Å². The Morgan fingerprint density at radius 3 is 2.85 bits per heavy atom. The highest BCUT2D eigenvalue weighted by Gasteiger charge is 2.32. The van der Waals surface area contributed by atoms with Crippen LogP contribution in [0.1, 0.15) is 35.6 Å². The topological polar surface area (TPSA) is 57.3 Å². The number of ether oxygens (including phenoxy) is 1. The van der Waals surface area contributed by atoms with E-state index in [9.17, 15) is 5.26 Å². The van der Waals surface area contributed by atoms with E-state index in [1.54, 1.807) is 13.2 Å². The average Bonchev–Trinajstić information content (AvgIpc) is 3.07. The van der Waals surface area contributed by atoms with Crippen LogP contribution in [0.2, 0.25) is 0 Å². The predicted molar refractivity (Wildman–Crippen MR) is 105 cm³/mol. The van der Waals surface area contributed by atoms with Crippen LogP contribution in [0.4, 0.5) is 0 Å². The second-order valence-electron chi connectivity index (χ2n) is 7.61. The fourth-order valence-electron chi connectivity index (χ4n) is 4.30. The van der Waals surface area contributed by atoms with E-state index in [0.29, 0.717) is 17.5 Å². The van der Waals surface area contributed by atoms with Crippen LogP contribution >= 0.6 is 0 Å². The molecule has 0 aliphatic carbocycles. The van der Waals surface area contributed by atoms with Crippen LogP contribution in [-0.2, 0) is 13.6 Å². The van der Waals surface area contributed by atoms with Gasteiger partial charge in [-0.1, -0.05) is 0 Å². The standard InChI is InChI=1S/C21H29N5O/c1-24(14-18-10-16(11-22)7-8-20(18)27-4)13-17-6-5-9-25(2)21(17)19-12-23-26(3)15-19/h7-8,10,12,15,17,21H,5-6,9,13-14H2,1-4H3/t17-,21+/m0/s1. The van der Waals surface area contributed by atoms with Crippen LogP contribution in [0.25, 0.3) is 0 Å². The molecule has 1 aliphatic rings. The van der Waals surface area contributed by atoms with Gasteiger partial charge >= 0.3 is 0 Å². The van der Waals surface area contributed by atoms with Crippen molar-refractivity contribution in [2.45, 2.75) is 25.4 Å². The predicted octanol–water partition coefficient (Wildman–Crippen LogP) is 2.82. The number of benzene rings is 1. The van der Waals surface area contributed by atoms with Crippen LogP contribution < -0.4 is 4.74 Å². The van der Waals surface area contributed by atoms with Gasteiger partial charge in [-0.05, 0) is 57.6 Å². The van der Waals surface area contributed by atoms with Gasteiger partial charge < -0.3 is 9.64 Å². The third-order valence-corrected chi connectivity index (χ3v) is 5.47. The maximum atomic E-state index is 9.19. The fourth-order valence-corrected chi connectivity index (χ4v) is 4.30. The number of rotatable bonds is 6. The largest absolute Gasteiger partial charge is 0.496 e. The average molecular weight is 367 g/mol. The molecule has 0 unspecified atom stereocenters. The molecule has 1 fully saturated rings. The van der Waals surface area contributed by atoms with Gasteiger partial charge in [0.1, 0.15) is 5.75 Å². The van der Waals surface area contributed by atoms with Gasteiger partial charge in [0.05, 0.1) is 24.9 Å². The minimum absolute atomic E-state index is 0.391. The molecule has 2 aromatic rings. The van der Waals surface area contributed by atoms with Gasteiger partial charge in [0.15, 0.2) is 0 Å². The van der Waals surface area contributed by atoms with Crippen LogP contribution in [-0.4, -0.2) is 53.9 Å². The highest BCUT2D eigenvalue weighted by atomic mass is 16.5. The number of nitriles is 1. The number of hydrogen-bond acceptors (Lipinski definition) is 5. The lowest BCUT2D eigenvalue weighted by Gasteiger charge is -2.40. The van der Waals surface area contributed by atoms with E-state index < -0.39 is 0 Å². The van der Waals surface area contributed by atoms with Crippen molar-refractivity contribution in [1.29, 1.82) is 5.26 Å². The summed E-state index contributed by atoms with van der Waals surface area (Å²) in [5.41, 5.74) is 3.02. The smallest absolute Gasteiger partial charge is 0.123 e. The minimum atomic E-state index is 0.391. The molecule has 6 heteroatoms. The number of aryl methyl sites for hydroxylation is 1. The second kappa shape index (κ2) is 8.55. The normalized spacial score (nSPS) is 20.6. The third-order valence-electron chi connectivity index (χ3n) is 5.47. The van der Waals surface area contributed by atoms with E-state index in [0.717, 1.165) is 30.9 Å². The SMILES string of the molecule is COc1ccc(C#N)cc1CN(C)C[C@@H]1CCCN(C)[C@H]1c1cnn(C)c1. The zero-order chi connectivity index (χ0) is 19.4. The summed E-state index contributed by atoms with van der Waals surface area (Å²) in [5.74, 6) is 1.38. The quantitative estimate of drug-likeness (QED) is 0.786.